The third kappa shape index (κ3) is 3.19. The summed E-state index contributed by atoms with van der Waals surface area (Å²) in [6.45, 7) is 2.60. The van der Waals surface area contributed by atoms with Crippen LogP contribution in [0.3, 0.4) is 0 Å². The average Bonchev–Trinajstić information content (AvgIpc) is 2.88. The number of hydrogen-bond acceptors (Lipinski definition) is 4. The second kappa shape index (κ2) is 5.96. The van der Waals surface area contributed by atoms with Crippen LogP contribution in [0.15, 0.2) is 36.7 Å². The fourth-order valence-electron chi connectivity index (χ4n) is 1.78. The van der Waals surface area contributed by atoms with Gasteiger partial charge in [-0.2, -0.15) is 5.10 Å². The normalized spacial score (nSPS) is 10.2. The number of carbonyl (C=O) groups is 1. The fourth-order valence-corrected chi connectivity index (χ4v) is 1.78. The molecule has 7 heteroatoms. The third-order valence-electron chi connectivity index (χ3n) is 2.85. The van der Waals surface area contributed by atoms with Gasteiger partial charge in [-0.3, -0.25) is 19.6 Å². The van der Waals surface area contributed by atoms with Crippen LogP contribution in [0.25, 0.3) is 0 Å². The lowest BCUT2D eigenvalue weighted by Crippen LogP contribution is -2.27. The van der Waals surface area contributed by atoms with Crippen LogP contribution < -0.4 is 5.32 Å². The molecule has 0 saturated carbocycles. The third-order valence-corrected chi connectivity index (χ3v) is 2.85. The number of nitrogens with one attached hydrogen (secondary N) is 1. The van der Waals surface area contributed by atoms with Gasteiger partial charge >= 0.3 is 5.69 Å². The van der Waals surface area contributed by atoms with Crippen LogP contribution in [-0.4, -0.2) is 27.2 Å². The maximum absolute atomic E-state index is 11.9. The predicted octanol–water partition coefficient (Wildman–Crippen LogP) is 1.53. The molecule has 0 bridgehead atoms. The van der Waals surface area contributed by atoms with Crippen LogP contribution in [0.2, 0.25) is 0 Å². The first-order valence-electron chi connectivity index (χ1n) is 6.08. The zero-order chi connectivity index (χ0) is 14.5. The molecule has 0 aliphatic rings. The molecule has 2 aromatic rings. The highest BCUT2D eigenvalue weighted by Gasteiger charge is 2.10. The van der Waals surface area contributed by atoms with E-state index in [0.29, 0.717) is 18.7 Å². The Morgan fingerprint density at radius 1 is 1.45 bits per heavy atom. The van der Waals surface area contributed by atoms with E-state index < -0.39 is 4.92 Å². The number of amides is 1. The van der Waals surface area contributed by atoms with Crippen molar-refractivity contribution < 1.29 is 9.72 Å². The summed E-state index contributed by atoms with van der Waals surface area (Å²) in [5.74, 6) is -0.162. The monoisotopic (exact) mass is 274 g/mol. The van der Waals surface area contributed by atoms with E-state index in [1.165, 1.54) is 17.1 Å². The van der Waals surface area contributed by atoms with E-state index in [2.05, 4.69) is 10.4 Å². The molecule has 7 nitrogen and oxygen atoms in total. The van der Waals surface area contributed by atoms with Gasteiger partial charge < -0.3 is 5.32 Å². The molecule has 0 radical (unpaired) electrons. The lowest BCUT2D eigenvalue weighted by molar-refractivity contribution is -0.385. The van der Waals surface area contributed by atoms with E-state index in [1.807, 2.05) is 19.1 Å². The molecule has 0 fully saturated rings. The number of carbonyl (C=O) groups excluding carboxylic acids is 1. The van der Waals surface area contributed by atoms with E-state index in [9.17, 15) is 14.9 Å². The molecule has 1 N–H and O–H groups in total. The van der Waals surface area contributed by atoms with E-state index in [-0.39, 0.29) is 11.6 Å². The van der Waals surface area contributed by atoms with Crippen LogP contribution in [0.5, 0.6) is 0 Å². The summed E-state index contributed by atoms with van der Waals surface area (Å²) in [7, 11) is 0. The summed E-state index contributed by atoms with van der Waals surface area (Å²) >= 11 is 0. The summed E-state index contributed by atoms with van der Waals surface area (Å²) in [5, 5.41) is 17.1. The lowest BCUT2D eigenvalue weighted by atomic mass is 10.1. The molecule has 1 amide bonds. The number of aromatic nitrogens is 2. The Morgan fingerprint density at radius 3 is 2.85 bits per heavy atom. The second-order valence-corrected chi connectivity index (χ2v) is 4.29. The summed E-state index contributed by atoms with van der Waals surface area (Å²) < 4.78 is 1.43. The zero-order valence-electron chi connectivity index (χ0n) is 10.9. The molecule has 0 saturated heterocycles. The molecule has 1 aromatic heterocycles. The van der Waals surface area contributed by atoms with Crippen molar-refractivity contribution in [3.8, 4) is 0 Å². The van der Waals surface area contributed by atoms with E-state index in [0.717, 1.165) is 5.56 Å². The van der Waals surface area contributed by atoms with E-state index in [4.69, 9.17) is 0 Å². The largest absolute Gasteiger partial charge is 0.350 e. The van der Waals surface area contributed by atoms with Crippen molar-refractivity contribution in [2.24, 2.45) is 0 Å². The molecule has 0 atom stereocenters. The first-order chi connectivity index (χ1) is 9.58. The van der Waals surface area contributed by atoms with Gasteiger partial charge in [-0.1, -0.05) is 18.2 Å². The molecule has 0 aliphatic carbocycles. The first-order valence-corrected chi connectivity index (χ1v) is 6.08. The van der Waals surface area contributed by atoms with Gasteiger partial charge in [0, 0.05) is 12.1 Å². The van der Waals surface area contributed by atoms with Gasteiger partial charge in [-0.15, -0.1) is 0 Å². The molecular formula is C13H14N4O3. The number of benzene rings is 1. The van der Waals surface area contributed by atoms with Crippen LogP contribution in [-0.2, 0) is 6.54 Å². The van der Waals surface area contributed by atoms with E-state index in [1.54, 1.807) is 12.1 Å². The summed E-state index contributed by atoms with van der Waals surface area (Å²) in [6.07, 6.45) is 2.52. The highest BCUT2D eigenvalue weighted by Crippen LogP contribution is 2.08. The van der Waals surface area contributed by atoms with Crippen LogP contribution in [0.1, 0.15) is 15.9 Å². The molecule has 0 unspecified atom stereocenters. The van der Waals surface area contributed by atoms with Gasteiger partial charge in [0.1, 0.15) is 12.4 Å². The average molecular weight is 274 g/mol. The van der Waals surface area contributed by atoms with Crippen molar-refractivity contribution in [3.05, 3.63) is 57.9 Å². The quantitative estimate of drug-likeness (QED) is 0.661. The SMILES string of the molecule is Cc1ccccc1C(=O)NCCn1cc([N+](=O)[O-])cn1. The van der Waals surface area contributed by atoms with E-state index >= 15 is 0 Å². The molecule has 0 spiro atoms. The summed E-state index contributed by atoms with van der Waals surface area (Å²) in [5.41, 5.74) is 1.47. The summed E-state index contributed by atoms with van der Waals surface area (Å²) in [6, 6.07) is 7.29. The van der Waals surface area contributed by atoms with Crippen LogP contribution in [0.4, 0.5) is 5.69 Å². The van der Waals surface area contributed by atoms with Gasteiger partial charge in [0.15, 0.2) is 0 Å². The van der Waals surface area contributed by atoms with Gasteiger partial charge in [-0.25, -0.2) is 0 Å². The Morgan fingerprint density at radius 2 is 2.20 bits per heavy atom. The molecule has 1 aromatic carbocycles. The lowest BCUT2D eigenvalue weighted by Gasteiger charge is -2.07. The molecule has 0 aliphatic heterocycles. The molecule has 20 heavy (non-hydrogen) atoms. The topological polar surface area (TPSA) is 90.1 Å². The predicted molar refractivity (Wildman–Crippen MR) is 72.4 cm³/mol. The van der Waals surface area contributed by atoms with Crippen LogP contribution >= 0.6 is 0 Å². The van der Waals surface area contributed by atoms with Gasteiger partial charge in [0.05, 0.1) is 11.5 Å². The number of nitro groups is 1. The molecule has 2 rings (SSSR count). The number of rotatable bonds is 5. The highest BCUT2D eigenvalue weighted by atomic mass is 16.6. The Hall–Kier alpha value is -2.70. The Labute approximate surface area is 115 Å². The van der Waals surface area contributed by atoms with Crippen molar-refractivity contribution in [2.75, 3.05) is 6.54 Å². The maximum Gasteiger partial charge on any atom is 0.306 e. The first kappa shape index (κ1) is 13.7. The number of nitrogens with zero attached hydrogens (tertiary/aromatic N) is 3. The smallest absolute Gasteiger partial charge is 0.306 e. The van der Waals surface area contributed by atoms with Crippen molar-refractivity contribution >= 4 is 11.6 Å². The minimum Gasteiger partial charge on any atom is -0.350 e. The fraction of sp³-hybridized carbons (Fsp3) is 0.231. The van der Waals surface area contributed by atoms with Crippen molar-refractivity contribution in [2.45, 2.75) is 13.5 Å². The van der Waals surface area contributed by atoms with Crippen molar-refractivity contribution in [1.29, 1.82) is 0 Å². The van der Waals surface area contributed by atoms with Gasteiger partial charge in [0.2, 0.25) is 0 Å². The summed E-state index contributed by atoms with van der Waals surface area (Å²) in [4.78, 5) is 21.9. The van der Waals surface area contributed by atoms with Gasteiger partial charge in [-0.05, 0) is 18.6 Å². The Kier molecular flexibility index (Phi) is 4.09. The van der Waals surface area contributed by atoms with Crippen LogP contribution in [0, 0.1) is 17.0 Å². The minimum absolute atomic E-state index is 0.0600. The standard InChI is InChI=1S/C13H14N4O3/c1-10-4-2-3-5-12(10)13(18)14-6-7-16-9-11(8-15-16)17(19)20/h2-5,8-9H,6-7H2,1H3,(H,14,18). The minimum atomic E-state index is -0.505. The van der Waals surface area contributed by atoms with Crippen molar-refractivity contribution in [3.63, 3.8) is 0 Å². The Bertz CT molecular complexity index is 636. The van der Waals surface area contributed by atoms with Crippen molar-refractivity contribution in [1.82, 2.24) is 15.1 Å². The molecule has 104 valence electrons. The number of hydrogen-bond donors (Lipinski definition) is 1. The zero-order valence-corrected chi connectivity index (χ0v) is 10.9. The van der Waals surface area contributed by atoms with Gasteiger partial charge in [0.25, 0.3) is 5.91 Å². The molecule has 1 heterocycles. The highest BCUT2D eigenvalue weighted by molar-refractivity contribution is 5.95. The molecular weight excluding hydrogens is 260 g/mol. The Balaban J connectivity index is 1.88. The maximum atomic E-state index is 11.9. The second-order valence-electron chi connectivity index (χ2n) is 4.29. The number of aryl methyl sites for hydroxylation is 1.